The van der Waals surface area contributed by atoms with Crippen LogP contribution in [0.2, 0.25) is 0 Å². The van der Waals surface area contributed by atoms with Crippen LogP contribution in [0.3, 0.4) is 0 Å². The van der Waals surface area contributed by atoms with Crippen molar-refractivity contribution in [2.24, 2.45) is 0 Å². The lowest BCUT2D eigenvalue weighted by Crippen LogP contribution is -1.98. The molecule has 0 atom stereocenters. The topological polar surface area (TPSA) is 93.4 Å². The number of para-hydroxylation sites is 1. The summed E-state index contributed by atoms with van der Waals surface area (Å²) in [6.45, 7) is 0. The van der Waals surface area contributed by atoms with Gasteiger partial charge >= 0.3 is 0 Å². The van der Waals surface area contributed by atoms with Crippen LogP contribution in [0.1, 0.15) is 5.56 Å². The number of tetrazole rings is 1. The van der Waals surface area contributed by atoms with Crippen molar-refractivity contribution in [3.05, 3.63) is 54.1 Å². The van der Waals surface area contributed by atoms with Gasteiger partial charge in [-0.3, -0.25) is 0 Å². The van der Waals surface area contributed by atoms with Crippen LogP contribution in [-0.4, -0.2) is 20.2 Å². The molecule has 3 aromatic rings. The molecule has 0 aliphatic carbocycles. The Morgan fingerprint density at radius 1 is 1.14 bits per heavy atom. The van der Waals surface area contributed by atoms with E-state index in [0.717, 1.165) is 10.6 Å². The summed E-state index contributed by atoms with van der Waals surface area (Å²) in [6, 6.07) is 16.9. The largest absolute Gasteiger partial charge is 0.399 e. The van der Waals surface area contributed by atoms with Crippen LogP contribution >= 0.6 is 11.8 Å². The van der Waals surface area contributed by atoms with E-state index in [-0.39, 0.29) is 0 Å². The zero-order valence-electron chi connectivity index (χ0n) is 10.8. The zero-order valence-corrected chi connectivity index (χ0v) is 11.7. The molecule has 0 aliphatic heterocycles. The van der Waals surface area contributed by atoms with Crippen molar-refractivity contribution < 1.29 is 0 Å². The minimum absolute atomic E-state index is 0.502. The Morgan fingerprint density at radius 2 is 1.95 bits per heavy atom. The summed E-state index contributed by atoms with van der Waals surface area (Å²) in [5.74, 6) is 0. The number of hydrogen-bond donors (Lipinski definition) is 1. The van der Waals surface area contributed by atoms with Gasteiger partial charge in [-0.2, -0.15) is 9.94 Å². The third-order valence-electron chi connectivity index (χ3n) is 2.77. The Bertz CT molecular complexity index is 806. The van der Waals surface area contributed by atoms with E-state index in [1.807, 2.05) is 30.3 Å². The fraction of sp³-hybridized carbons (Fsp3) is 0. The first-order valence-corrected chi connectivity index (χ1v) is 6.91. The molecule has 6 nitrogen and oxygen atoms in total. The fourth-order valence-electron chi connectivity index (χ4n) is 1.80. The third-order valence-corrected chi connectivity index (χ3v) is 3.78. The van der Waals surface area contributed by atoms with Crippen molar-refractivity contribution in [1.29, 1.82) is 5.26 Å². The number of rotatable bonds is 3. The van der Waals surface area contributed by atoms with E-state index in [9.17, 15) is 5.26 Å². The highest BCUT2D eigenvalue weighted by atomic mass is 32.2. The van der Waals surface area contributed by atoms with Gasteiger partial charge in [-0.05, 0) is 52.5 Å². The molecule has 2 N–H and O–H groups in total. The average molecular weight is 294 g/mol. The highest BCUT2D eigenvalue weighted by molar-refractivity contribution is 7.99. The van der Waals surface area contributed by atoms with Crippen molar-refractivity contribution in [3.63, 3.8) is 0 Å². The van der Waals surface area contributed by atoms with Crippen molar-refractivity contribution in [2.45, 2.75) is 10.1 Å². The second-order valence-corrected chi connectivity index (χ2v) is 5.19. The Balaban J connectivity index is 1.98. The average Bonchev–Trinajstić information content (AvgIpc) is 2.98. The second kappa shape index (κ2) is 5.64. The SMILES string of the molecule is N#Cc1cc(N)ccc1Sc1nnnn1-c1ccccc1. The van der Waals surface area contributed by atoms with Gasteiger partial charge in [0, 0.05) is 10.6 Å². The highest BCUT2D eigenvalue weighted by Crippen LogP contribution is 2.30. The number of nitrogens with zero attached hydrogens (tertiary/aromatic N) is 5. The number of nitriles is 1. The smallest absolute Gasteiger partial charge is 0.218 e. The lowest BCUT2D eigenvalue weighted by atomic mass is 10.2. The molecule has 21 heavy (non-hydrogen) atoms. The summed E-state index contributed by atoms with van der Waals surface area (Å²) in [5, 5.41) is 21.5. The van der Waals surface area contributed by atoms with Crippen molar-refractivity contribution in [3.8, 4) is 11.8 Å². The first-order valence-electron chi connectivity index (χ1n) is 6.09. The molecule has 0 radical (unpaired) electrons. The van der Waals surface area contributed by atoms with E-state index in [1.165, 1.54) is 11.8 Å². The van der Waals surface area contributed by atoms with Gasteiger partial charge in [0.25, 0.3) is 0 Å². The first kappa shape index (κ1) is 13.1. The predicted octanol–water partition coefficient (Wildman–Crippen LogP) is 2.27. The summed E-state index contributed by atoms with van der Waals surface area (Å²) in [5.41, 5.74) is 7.61. The quantitative estimate of drug-likeness (QED) is 0.745. The zero-order chi connectivity index (χ0) is 14.7. The maximum Gasteiger partial charge on any atom is 0.218 e. The van der Waals surface area contributed by atoms with E-state index in [2.05, 4.69) is 21.6 Å². The molecule has 3 rings (SSSR count). The normalized spacial score (nSPS) is 10.2. The molecule has 7 heteroatoms. The molecule has 0 bridgehead atoms. The minimum Gasteiger partial charge on any atom is -0.399 e. The van der Waals surface area contributed by atoms with Crippen LogP contribution < -0.4 is 5.73 Å². The summed E-state index contributed by atoms with van der Waals surface area (Å²) in [6.07, 6.45) is 0. The number of benzene rings is 2. The van der Waals surface area contributed by atoms with Gasteiger partial charge in [0.05, 0.1) is 11.3 Å². The Kier molecular flexibility index (Phi) is 3.53. The van der Waals surface area contributed by atoms with E-state index in [1.54, 1.807) is 22.9 Å². The van der Waals surface area contributed by atoms with Gasteiger partial charge in [-0.15, -0.1) is 5.10 Å². The van der Waals surface area contributed by atoms with Gasteiger partial charge in [-0.25, -0.2) is 0 Å². The molecule has 0 aliphatic rings. The molecule has 0 saturated carbocycles. The highest BCUT2D eigenvalue weighted by Gasteiger charge is 2.12. The van der Waals surface area contributed by atoms with Crippen LogP contribution in [0, 0.1) is 11.3 Å². The lowest BCUT2D eigenvalue weighted by molar-refractivity contribution is 0.756. The van der Waals surface area contributed by atoms with E-state index < -0.39 is 0 Å². The Hall–Kier alpha value is -2.85. The van der Waals surface area contributed by atoms with Crippen LogP contribution in [0.4, 0.5) is 5.69 Å². The lowest BCUT2D eigenvalue weighted by Gasteiger charge is -2.05. The monoisotopic (exact) mass is 294 g/mol. The van der Waals surface area contributed by atoms with Crippen LogP contribution in [0.5, 0.6) is 0 Å². The van der Waals surface area contributed by atoms with Gasteiger partial charge in [0.2, 0.25) is 5.16 Å². The van der Waals surface area contributed by atoms with Crippen LogP contribution in [0.25, 0.3) is 5.69 Å². The predicted molar refractivity (Wildman–Crippen MR) is 78.8 cm³/mol. The van der Waals surface area contributed by atoms with Crippen LogP contribution in [0.15, 0.2) is 58.6 Å². The number of aromatic nitrogens is 4. The van der Waals surface area contributed by atoms with Crippen molar-refractivity contribution in [2.75, 3.05) is 5.73 Å². The van der Waals surface area contributed by atoms with E-state index in [0.29, 0.717) is 16.4 Å². The Labute approximate surface area is 125 Å². The van der Waals surface area contributed by atoms with Crippen LogP contribution in [-0.2, 0) is 0 Å². The molecule has 1 aromatic heterocycles. The molecule has 2 aromatic carbocycles. The van der Waals surface area contributed by atoms with E-state index >= 15 is 0 Å². The van der Waals surface area contributed by atoms with Gasteiger partial charge in [-0.1, -0.05) is 18.2 Å². The Morgan fingerprint density at radius 3 is 2.71 bits per heavy atom. The number of nitrogens with two attached hydrogens (primary N) is 1. The summed E-state index contributed by atoms with van der Waals surface area (Å²) < 4.78 is 1.63. The molecule has 102 valence electrons. The maximum atomic E-state index is 9.18. The number of nitrogen functional groups attached to an aromatic ring is 1. The molecule has 0 amide bonds. The summed E-state index contributed by atoms with van der Waals surface area (Å²) >= 11 is 1.32. The molecule has 1 heterocycles. The van der Waals surface area contributed by atoms with Crippen molar-refractivity contribution >= 4 is 17.4 Å². The second-order valence-electron chi connectivity index (χ2n) is 4.18. The standard InChI is InChI=1S/C14H10N6S/c15-9-10-8-11(16)6-7-13(10)21-14-17-18-19-20(14)12-4-2-1-3-5-12/h1-8H,16H2. The summed E-state index contributed by atoms with van der Waals surface area (Å²) in [4.78, 5) is 0.763. The number of hydrogen-bond acceptors (Lipinski definition) is 6. The summed E-state index contributed by atoms with van der Waals surface area (Å²) in [7, 11) is 0. The molecular weight excluding hydrogens is 284 g/mol. The van der Waals surface area contributed by atoms with Gasteiger partial charge in [0.15, 0.2) is 0 Å². The van der Waals surface area contributed by atoms with Gasteiger partial charge < -0.3 is 5.73 Å². The fourth-order valence-corrected chi connectivity index (χ4v) is 2.65. The molecule has 0 unspecified atom stereocenters. The maximum absolute atomic E-state index is 9.18. The van der Waals surface area contributed by atoms with Crippen molar-refractivity contribution in [1.82, 2.24) is 20.2 Å². The van der Waals surface area contributed by atoms with Gasteiger partial charge in [0.1, 0.15) is 6.07 Å². The minimum atomic E-state index is 0.502. The third kappa shape index (κ3) is 2.70. The molecule has 0 saturated heterocycles. The molecule has 0 spiro atoms. The number of anilines is 1. The first-order chi connectivity index (χ1) is 10.3. The van der Waals surface area contributed by atoms with E-state index in [4.69, 9.17) is 5.73 Å². The molecular formula is C14H10N6S. The molecule has 0 fully saturated rings.